The van der Waals surface area contributed by atoms with E-state index in [0.717, 1.165) is 11.1 Å². The maximum atomic E-state index is 13.2. The molecule has 25 heavy (non-hydrogen) atoms. The summed E-state index contributed by atoms with van der Waals surface area (Å²) in [6, 6.07) is 10.2. The normalized spacial score (nSPS) is 11.0. The van der Waals surface area contributed by atoms with Crippen molar-refractivity contribution < 1.29 is 17.9 Å². The number of benzene rings is 2. The number of hydrogen-bond acceptors (Lipinski definition) is 4. The zero-order valence-electron chi connectivity index (χ0n) is 14.9. The summed E-state index contributed by atoms with van der Waals surface area (Å²) in [7, 11) is -0.715. The lowest BCUT2D eigenvalue weighted by Gasteiger charge is -2.25. The molecule has 0 atom stereocenters. The van der Waals surface area contributed by atoms with E-state index in [2.05, 4.69) is 6.58 Å². The van der Waals surface area contributed by atoms with Gasteiger partial charge in [0.1, 0.15) is 11.5 Å². The predicted molar refractivity (Wildman–Crippen MR) is 100 cm³/mol. The minimum Gasteiger partial charge on any atom is -0.496 e. The highest BCUT2D eigenvalue weighted by Crippen LogP contribution is 2.34. The quantitative estimate of drug-likeness (QED) is 0.706. The van der Waals surface area contributed by atoms with E-state index < -0.39 is 10.0 Å². The van der Waals surface area contributed by atoms with Gasteiger partial charge in [-0.15, -0.1) is 6.58 Å². The molecule has 0 spiro atoms. The molecule has 0 saturated carbocycles. The molecule has 2 aromatic carbocycles. The molecule has 0 radical (unpaired) electrons. The second-order valence-corrected chi connectivity index (χ2v) is 7.49. The molecule has 0 aliphatic heterocycles. The molecule has 0 amide bonds. The van der Waals surface area contributed by atoms with E-state index in [1.165, 1.54) is 11.4 Å². The Morgan fingerprint density at radius 1 is 1.04 bits per heavy atom. The Hall–Kier alpha value is -2.47. The standard InChI is InChI=1S/C19H23NO4S/c1-6-11-20(17-12-14(2)7-9-19(17)24-5)25(21,22)16-8-10-18(23-4)15(3)13-16/h6-10,12-13H,1,11H2,2-5H3. The molecule has 0 unspecified atom stereocenters. The van der Waals surface area contributed by atoms with Crippen LogP contribution >= 0.6 is 0 Å². The first-order chi connectivity index (χ1) is 11.8. The van der Waals surface area contributed by atoms with Gasteiger partial charge in [-0.25, -0.2) is 8.42 Å². The van der Waals surface area contributed by atoms with E-state index in [4.69, 9.17) is 9.47 Å². The fraction of sp³-hybridized carbons (Fsp3) is 0.263. The van der Waals surface area contributed by atoms with Crippen molar-refractivity contribution in [1.29, 1.82) is 0 Å². The van der Waals surface area contributed by atoms with E-state index in [-0.39, 0.29) is 11.4 Å². The maximum Gasteiger partial charge on any atom is 0.264 e. The number of ether oxygens (including phenoxy) is 2. The van der Waals surface area contributed by atoms with Crippen LogP contribution in [0.25, 0.3) is 0 Å². The van der Waals surface area contributed by atoms with Crippen LogP contribution < -0.4 is 13.8 Å². The molecule has 134 valence electrons. The molecule has 0 bridgehead atoms. The lowest BCUT2D eigenvalue weighted by Crippen LogP contribution is -2.31. The third-order valence-electron chi connectivity index (χ3n) is 3.85. The number of hydrogen-bond donors (Lipinski definition) is 0. The van der Waals surface area contributed by atoms with Crippen molar-refractivity contribution in [2.45, 2.75) is 18.7 Å². The lowest BCUT2D eigenvalue weighted by molar-refractivity contribution is 0.411. The molecule has 0 aliphatic rings. The average molecular weight is 361 g/mol. The second-order valence-electron chi connectivity index (χ2n) is 5.63. The van der Waals surface area contributed by atoms with E-state index >= 15 is 0 Å². The molecule has 0 aliphatic carbocycles. The highest BCUT2D eigenvalue weighted by Gasteiger charge is 2.27. The summed E-state index contributed by atoms with van der Waals surface area (Å²) in [6.07, 6.45) is 1.55. The van der Waals surface area contributed by atoms with Crippen molar-refractivity contribution in [3.63, 3.8) is 0 Å². The number of methoxy groups -OCH3 is 2. The Labute approximate surface area is 149 Å². The fourth-order valence-corrected chi connectivity index (χ4v) is 4.10. The van der Waals surface area contributed by atoms with E-state index in [1.807, 2.05) is 19.9 Å². The number of nitrogens with zero attached hydrogens (tertiary/aromatic N) is 1. The van der Waals surface area contributed by atoms with Gasteiger partial charge in [-0.05, 0) is 55.3 Å². The first-order valence-electron chi connectivity index (χ1n) is 7.78. The van der Waals surface area contributed by atoms with Crippen molar-refractivity contribution in [3.05, 3.63) is 60.2 Å². The summed E-state index contributed by atoms with van der Waals surface area (Å²) in [5.41, 5.74) is 2.17. The molecule has 0 saturated heterocycles. The van der Waals surface area contributed by atoms with E-state index in [1.54, 1.807) is 43.5 Å². The predicted octanol–water partition coefficient (Wildman–Crippen LogP) is 3.70. The van der Waals surface area contributed by atoms with Gasteiger partial charge in [-0.1, -0.05) is 12.1 Å². The van der Waals surface area contributed by atoms with Crippen molar-refractivity contribution in [1.82, 2.24) is 0 Å². The zero-order chi connectivity index (χ0) is 18.6. The zero-order valence-corrected chi connectivity index (χ0v) is 15.8. The molecule has 0 fully saturated rings. The molecule has 5 nitrogen and oxygen atoms in total. The Morgan fingerprint density at radius 2 is 1.68 bits per heavy atom. The Bertz CT molecular complexity index is 875. The van der Waals surface area contributed by atoms with Crippen molar-refractivity contribution in [2.24, 2.45) is 0 Å². The van der Waals surface area contributed by atoms with Crippen LogP contribution in [0.3, 0.4) is 0 Å². The van der Waals surface area contributed by atoms with E-state index in [0.29, 0.717) is 17.2 Å². The highest BCUT2D eigenvalue weighted by molar-refractivity contribution is 7.92. The number of anilines is 1. The van der Waals surface area contributed by atoms with Gasteiger partial charge in [-0.3, -0.25) is 4.31 Å². The van der Waals surface area contributed by atoms with E-state index in [9.17, 15) is 8.42 Å². The Kier molecular flexibility index (Phi) is 5.74. The van der Waals surface area contributed by atoms with Gasteiger partial charge in [0.2, 0.25) is 0 Å². The summed E-state index contributed by atoms with van der Waals surface area (Å²) in [5, 5.41) is 0. The van der Waals surface area contributed by atoms with Gasteiger partial charge >= 0.3 is 0 Å². The number of rotatable bonds is 7. The van der Waals surface area contributed by atoms with Crippen molar-refractivity contribution >= 4 is 15.7 Å². The first-order valence-corrected chi connectivity index (χ1v) is 9.22. The Balaban J connectivity index is 2.61. The van der Waals surface area contributed by atoms with Gasteiger partial charge in [0.05, 0.1) is 31.3 Å². The van der Waals surface area contributed by atoms with Crippen LogP contribution in [0.5, 0.6) is 11.5 Å². The lowest BCUT2D eigenvalue weighted by atomic mass is 10.2. The van der Waals surface area contributed by atoms with Gasteiger partial charge < -0.3 is 9.47 Å². The molecular weight excluding hydrogens is 338 g/mol. The average Bonchev–Trinajstić information content (AvgIpc) is 2.59. The smallest absolute Gasteiger partial charge is 0.264 e. The van der Waals surface area contributed by atoms with Gasteiger partial charge in [-0.2, -0.15) is 0 Å². The molecule has 2 rings (SSSR count). The molecule has 0 heterocycles. The molecular formula is C19H23NO4S. The topological polar surface area (TPSA) is 55.8 Å². The van der Waals surface area contributed by atoms with Crippen LogP contribution in [-0.4, -0.2) is 29.2 Å². The fourth-order valence-electron chi connectivity index (χ4n) is 2.58. The summed E-state index contributed by atoms with van der Waals surface area (Å²) in [5.74, 6) is 1.13. The van der Waals surface area contributed by atoms with Crippen LogP contribution in [0.1, 0.15) is 11.1 Å². The summed E-state index contributed by atoms with van der Waals surface area (Å²) in [4.78, 5) is 0.191. The maximum absolute atomic E-state index is 13.2. The van der Waals surface area contributed by atoms with Crippen LogP contribution in [0, 0.1) is 13.8 Å². The monoisotopic (exact) mass is 361 g/mol. The van der Waals surface area contributed by atoms with Crippen LogP contribution in [0.15, 0.2) is 53.9 Å². The molecule has 0 N–H and O–H groups in total. The first kappa shape index (κ1) is 18.9. The van der Waals surface area contributed by atoms with Crippen molar-refractivity contribution in [3.8, 4) is 11.5 Å². The van der Waals surface area contributed by atoms with Crippen LogP contribution in [0.2, 0.25) is 0 Å². The van der Waals surface area contributed by atoms with Gasteiger partial charge in [0.15, 0.2) is 0 Å². The summed E-state index contributed by atoms with van der Waals surface area (Å²) in [6.45, 7) is 7.53. The summed E-state index contributed by atoms with van der Waals surface area (Å²) >= 11 is 0. The Morgan fingerprint density at radius 3 is 2.24 bits per heavy atom. The summed E-state index contributed by atoms with van der Waals surface area (Å²) < 4.78 is 38.3. The van der Waals surface area contributed by atoms with Crippen molar-refractivity contribution in [2.75, 3.05) is 25.1 Å². The third-order valence-corrected chi connectivity index (χ3v) is 5.63. The molecule has 6 heteroatoms. The second kappa shape index (κ2) is 7.61. The minimum atomic E-state index is -3.79. The number of sulfonamides is 1. The van der Waals surface area contributed by atoms with Gasteiger partial charge in [0, 0.05) is 0 Å². The van der Waals surface area contributed by atoms with Crippen LogP contribution in [0.4, 0.5) is 5.69 Å². The largest absolute Gasteiger partial charge is 0.496 e. The van der Waals surface area contributed by atoms with Crippen LogP contribution in [-0.2, 0) is 10.0 Å². The highest BCUT2D eigenvalue weighted by atomic mass is 32.2. The molecule has 0 aromatic heterocycles. The SMILES string of the molecule is C=CCN(c1cc(C)ccc1OC)S(=O)(=O)c1ccc(OC)c(C)c1. The third kappa shape index (κ3) is 3.79. The molecule has 2 aromatic rings. The minimum absolute atomic E-state index is 0.132. The van der Waals surface area contributed by atoms with Gasteiger partial charge in [0.25, 0.3) is 10.0 Å². The number of aryl methyl sites for hydroxylation is 2.